The van der Waals surface area contributed by atoms with Gasteiger partial charge in [0.2, 0.25) is 5.65 Å². The van der Waals surface area contributed by atoms with Gasteiger partial charge in [-0.05, 0) is 38.6 Å². The Morgan fingerprint density at radius 1 is 1.15 bits per heavy atom. The van der Waals surface area contributed by atoms with E-state index in [1.54, 1.807) is 0 Å². The molecular formula is C24H29N8O+. The fourth-order valence-electron chi connectivity index (χ4n) is 4.60. The fourth-order valence-corrected chi connectivity index (χ4v) is 4.60. The molecule has 4 N–H and O–H groups in total. The lowest BCUT2D eigenvalue weighted by atomic mass is 9.99. The van der Waals surface area contributed by atoms with E-state index in [9.17, 15) is 4.79 Å². The number of nitrogens with zero attached hydrogens (tertiary/aromatic N) is 5. The van der Waals surface area contributed by atoms with Crippen LogP contribution in [-0.2, 0) is 6.54 Å². The van der Waals surface area contributed by atoms with Crippen molar-refractivity contribution in [2.24, 2.45) is 0 Å². The van der Waals surface area contributed by atoms with E-state index in [0.717, 1.165) is 53.4 Å². The summed E-state index contributed by atoms with van der Waals surface area (Å²) in [6.45, 7) is 7.10. The lowest BCUT2D eigenvalue weighted by Gasteiger charge is -2.32. The second-order valence-corrected chi connectivity index (χ2v) is 8.73. The fraction of sp³-hybridized carbons (Fsp3) is 0.333. The number of benzene rings is 1. The predicted molar refractivity (Wildman–Crippen MR) is 128 cm³/mol. The maximum Gasteiger partial charge on any atom is 0.411 e. The van der Waals surface area contributed by atoms with Crippen molar-refractivity contribution < 1.29 is 4.98 Å². The lowest BCUT2D eigenvalue weighted by Crippen LogP contribution is -2.52. The number of aryl methyl sites for hydroxylation is 2. The van der Waals surface area contributed by atoms with Crippen LogP contribution in [0.2, 0.25) is 0 Å². The van der Waals surface area contributed by atoms with E-state index < -0.39 is 0 Å². The molecule has 0 bridgehead atoms. The number of nitrogen functional groups attached to an aromatic ring is 1. The monoisotopic (exact) mass is 445 g/mol. The van der Waals surface area contributed by atoms with Gasteiger partial charge in [-0.2, -0.15) is 4.68 Å². The van der Waals surface area contributed by atoms with Crippen LogP contribution in [0.5, 0.6) is 0 Å². The number of aromatic amines is 1. The van der Waals surface area contributed by atoms with Gasteiger partial charge in [-0.3, -0.25) is 15.6 Å². The van der Waals surface area contributed by atoms with Crippen molar-refractivity contribution in [1.29, 1.82) is 0 Å². The SMILES string of the molecule is Cc1cc(-c2c(-c3ccccc3)[nH+]c(N)n3c(=O)n(C[C@H]4CNCCN4C)nc23)cc(C)n1. The highest BCUT2D eigenvalue weighted by Gasteiger charge is 2.28. The number of hydrogen-bond acceptors (Lipinski definition) is 6. The highest BCUT2D eigenvalue weighted by molar-refractivity contribution is 5.88. The molecule has 1 fully saturated rings. The summed E-state index contributed by atoms with van der Waals surface area (Å²) in [6, 6.07) is 14.2. The number of rotatable bonds is 4. The molecule has 0 saturated carbocycles. The van der Waals surface area contributed by atoms with Crippen LogP contribution in [0.15, 0.2) is 47.3 Å². The average Bonchev–Trinajstić information content (AvgIpc) is 3.11. The molecule has 33 heavy (non-hydrogen) atoms. The van der Waals surface area contributed by atoms with Crippen LogP contribution < -0.4 is 21.7 Å². The first-order chi connectivity index (χ1) is 15.9. The normalized spacial score (nSPS) is 17.0. The number of H-pyrrole nitrogens is 1. The van der Waals surface area contributed by atoms with E-state index >= 15 is 0 Å². The van der Waals surface area contributed by atoms with Gasteiger partial charge in [0.1, 0.15) is 5.69 Å². The summed E-state index contributed by atoms with van der Waals surface area (Å²) >= 11 is 0. The molecule has 0 aliphatic carbocycles. The Bertz CT molecular complexity index is 1350. The molecule has 5 rings (SSSR count). The summed E-state index contributed by atoms with van der Waals surface area (Å²) in [7, 11) is 2.08. The third-order valence-electron chi connectivity index (χ3n) is 6.27. The van der Waals surface area contributed by atoms with Gasteiger partial charge in [-0.25, -0.2) is 9.78 Å². The van der Waals surface area contributed by atoms with E-state index in [1.165, 1.54) is 9.08 Å². The maximum absolute atomic E-state index is 13.4. The quantitative estimate of drug-likeness (QED) is 0.488. The van der Waals surface area contributed by atoms with Gasteiger partial charge in [0.15, 0.2) is 0 Å². The van der Waals surface area contributed by atoms with Crippen molar-refractivity contribution in [2.45, 2.75) is 26.4 Å². The van der Waals surface area contributed by atoms with E-state index in [1.807, 2.05) is 56.3 Å². The van der Waals surface area contributed by atoms with Gasteiger partial charge in [0.25, 0.3) is 0 Å². The third-order valence-corrected chi connectivity index (χ3v) is 6.27. The lowest BCUT2D eigenvalue weighted by molar-refractivity contribution is -0.351. The van der Waals surface area contributed by atoms with Crippen molar-refractivity contribution in [1.82, 2.24) is 29.4 Å². The van der Waals surface area contributed by atoms with Crippen LogP contribution in [0.4, 0.5) is 5.95 Å². The Balaban J connectivity index is 1.77. The van der Waals surface area contributed by atoms with Crippen LogP contribution >= 0.6 is 0 Å². The Morgan fingerprint density at radius 3 is 2.58 bits per heavy atom. The first-order valence-corrected chi connectivity index (χ1v) is 11.2. The van der Waals surface area contributed by atoms with Crippen molar-refractivity contribution in [3.05, 3.63) is 64.3 Å². The first-order valence-electron chi connectivity index (χ1n) is 11.2. The van der Waals surface area contributed by atoms with E-state index in [0.29, 0.717) is 12.2 Å². The molecule has 3 aromatic heterocycles. The zero-order chi connectivity index (χ0) is 23.1. The molecule has 170 valence electrons. The molecule has 4 heterocycles. The van der Waals surface area contributed by atoms with Crippen molar-refractivity contribution >= 4 is 11.6 Å². The van der Waals surface area contributed by atoms with E-state index in [2.05, 4.69) is 27.2 Å². The molecule has 1 aromatic carbocycles. The molecule has 4 aromatic rings. The number of pyridine rings is 1. The molecule has 1 saturated heterocycles. The summed E-state index contributed by atoms with van der Waals surface area (Å²) in [4.78, 5) is 23.5. The number of hydrogen-bond donors (Lipinski definition) is 2. The first kappa shape index (κ1) is 21.3. The number of likely N-dealkylation sites (N-methyl/N-ethyl adjacent to an activating group) is 1. The maximum atomic E-state index is 13.4. The van der Waals surface area contributed by atoms with Crippen LogP contribution in [0.3, 0.4) is 0 Å². The zero-order valence-electron chi connectivity index (χ0n) is 19.2. The second-order valence-electron chi connectivity index (χ2n) is 8.73. The Kier molecular flexibility index (Phi) is 5.43. The smallest absolute Gasteiger partial charge is 0.314 e. The zero-order valence-corrected chi connectivity index (χ0v) is 19.2. The van der Waals surface area contributed by atoms with Crippen LogP contribution in [0.1, 0.15) is 11.4 Å². The Morgan fingerprint density at radius 2 is 1.88 bits per heavy atom. The molecule has 9 heteroatoms. The van der Waals surface area contributed by atoms with Crippen LogP contribution in [0.25, 0.3) is 28.0 Å². The second kappa shape index (κ2) is 8.42. The minimum absolute atomic E-state index is 0.175. The number of aromatic nitrogens is 5. The predicted octanol–water partition coefficient (Wildman–Crippen LogP) is 1.14. The van der Waals surface area contributed by atoms with Gasteiger partial charge in [-0.1, -0.05) is 30.3 Å². The van der Waals surface area contributed by atoms with E-state index in [4.69, 9.17) is 10.8 Å². The van der Waals surface area contributed by atoms with Crippen LogP contribution in [0, 0.1) is 13.8 Å². The van der Waals surface area contributed by atoms with Gasteiger partial charge in [0, 0.05) is 42.6 Å². The average molecular weight is 446 g/mol. The number of piperazine rings is 1. The molecule has 0 unspecified atom stereocenters. The minimum atomic E-state index is -0.249. The summed E-state index contributed by atoms with van der Waals surface area (Å²) in [5.74, 6) is 0.251. The Hall–Kier alpha value is -3.56. The van der Waals surface area contributed by atoms with Crippen molar-refractivity contribution in [3.8, 4) is 22.4 Å². The summed E-state index contributed by atoms with van der Waals surface area (Å²) in [6.07, 6.45) is 0. The topological polar surface area (TPSA) is 108 Å². The molecule has 0 spiro atoms. The van der Waals surface area contributed by atoms with Gasteiger partial charge < -0.3 is 5.32 Å². The number of fused-ring (bicyclic) bond motifs is 1. The van der Waals surface area contributed by atoms with Gasteiger partial charge in [0.05, 0.1) is 12.1 Å². The summed E-state index contributed by atoms with van der Waals surface area (Å²) < 4.78 is 3.01. The molecule has 1 aliphatic rings. The minimum Gasteiger partial charge on any atom is -0.314 e. The summed E-state index contributed by atoms with van der Waals surface area (Å²) in [5.41, 5.74) is 12.0. The van der Waals surface area contributed by atoms with Crippen LogP contribution in [-0.4, -0.2) is 56.8 Å². The highest BCUT2D eigenvalue weighted by Crippen LogP contribution is 2.32. The molecule has 1 atom stereocenters. The highest BCUT2D eigenvalue weighted by atomic mass is 16.2. The molecule has 9 nitrogen and oxygen atoms in total. The molecule has 0 radical (unpaired) electrons. The number of anilines is 1. The van der Waals surface area contributed by atoms with Gasteiger partial charge in [-0.15, -0.1) is 9.50 Å². The summed E-state index contributed by atoms with van der Waals surface area (Å²) in [5, 5.41) is 8.22. The molecule has 1 aliphatic heterocycles. The Labute approximate surface area is 191 Å². The van der Waals surface area contributed by atoms with Crippen molar-refractivity contribution in [2.75, 3.05) is 32.4 Å². The largest absolute Gasteiger partial charge is 0.411 e. The number of nitrogens with two attached hydrogens (primary N) is 1. The molecule has 0 amide bonds. The standard InChI is InChI=1S/C24H28N8O/c1-15-11-18(12-16(2)27-15)20-21(17-7-5-4-6-8-17)28-23(25)32-22(20)29-31(24(32)33)14-19-13-26-9-10-30(19)3/h4-8,11-12,19,26H,9-10,13-14H2,1-3H3,(H2,25,28)/p+1/t19-/m1/s1. The third kappa shape index (κ3) is 3.90. The molecular weight excluding hydrogens is 416 g/mol. The number of nitrogens with one attached hydrogen (secondary N) is 2. The van der Waals surface area contributed by atoms with Gasteiger partial charge >= 0.3 is 11.6 Å². The van der Waals surface area contributed by atoms with Crippen molar-refractivity contribution in [3.63, 3.8) is 0 Å². The van der Waals surface area contributed by atoms with E-state index in [-0.39, 0.29) is 17.7 Å².